The Morgan fingerprint density at radius 2 is 2.17 bits per heavy atom. The molecule has 0 radical (unpaired) electrons. The number of nitrogens with one attached hydrogen (secondary N) is 2. The van der Waals surface area contributed by atoms with E-state index in [9.17, 15) is 0 Å². The predicted octanol–water partition coefficient (Wildman–Crippen LogP) is 2.36. The maximum atomic E-state index is 5.37. The zero-order valence-electron chi connectivity index (χ0n) is 14.1. The number of ether oxygens (including phenoxy) is 1. The summed E-state index contributed by atoms with van der Waals surface area (Å²) in [7, 11) is 0. The Bertz CT molecular complexity index is 435. The van der Waals surface area contributed by atoms with E-state index in [0.29, 0.717) is 5.92 Å². The second-order valence-electron chi connectivity index (χ2n) is 5.56. The topological polar surface area (TPSA) is 48.9 Å². The highest BCUT2D eigenvalue weighted by Crippen LogP contribution is 2.18. The average Bonchev–Trinajstić information content (AvgIpc) is 3.08. The Balaban J connectivity index is 0.00000264. The van der Waals surface area contributed by atoms with Gasteiger partial charge in [-0.25, -0.2) is 0 Å². The van der Waals surface area contributed by atoms with E-state index in [-0.39, 0.29) is 24.0 Å². The van der Waals surface area contributed by atoms with Gasteiger partial charge in [0, 0.05) is 45.2 Å². The highest BCUT2D eigenvalue weighted by Gasteiger charge is 2.10. The van der Waals surface area contributed by atoms with Gasteiger partial charge in [-0.15, -0.1) is 24.0 Å². The number of halogens is 1. The van der Waals surface area contributed by atoms with Crippen LogP contribution in [0.5, 0.6) is 0 Å². The van der Waals surface area contributed by atoms with Crippen molar-refractivity contribution < 1.29 is 4.74 Å². The molecule has 0 bridgehead atoms. The number of nitrogens with zero attached hydrogens (tertiary/aromatic N) is 2. The molecule has 1 saturated heterocycles. The Morgan fingerprint density at radius 1 is 1.39 bits per heavy atom. The fraction of sp³-hybridized carbons (Fsp3) is 0.688. The van der Waals surface area contributed by atoms with Crippen LogP contribution in [0.25, 0.3) is 0 Å². The first-order valence-electron chi connectivity index (χ1n) is 8.14. The van der Waals surface area contributed by atoms with Crippen molar-refractivity contribution in [3.63, 3.8) is 0 Å². The lowest BCUT2D eigenvalue weighted by molar-refractivity contribution is 0.0389. The fourth-order valence-corrected chi connectivity index (χ4v) is 3.17. The van der Waals surface area contributed by atoms with Gasteiger partial charge in [0.15, 0.2) is 5.96 Å². The van der Waals surface area contributed by atoms with Crippen LogP contribution < -0.4 is 10.6 Å². The second-order valence-corrected chi connectivity index (χ2v) is 6.34. The Morgan fingerprint density at radius 3 is 2.83 bits per heavy atom. The van der Waals surface area contributed by atoms with Crippen LogP contribution >= 0.6 is 35.3 Å². The molecular weight excluding hydrogens is 423 g/mol. The van der Waals surface area contributed by atoms with E-state index in [2.05, 4.69) is 46.2 Å². The highest BCUT2D eigenvalue weighted by atomic mass is 127. The number of hydrogen-bond acceptors (Lipinski definition) is 4. The first-order valence-corrected chi connectivity index (χ1v) is 9.08. The number of rotatable bonds is 7. The molecule has 0 amide bonds. The molecule has 1 aliphatic heterocycles. The summed E-state index contributed by atoms with van der Waals surface area (Å²) in [5.74, 6) is 1.37. The summed E-state index contributed by atoms with van der Waals surface area (Å²) in [5, 5.41) is 11.1. The van der Waals surface area contributed by atoms with Crippen molar-refractivity contribution in [1.29, 1.82) is 0 Å². The predicted molar refractivity (Wildman–Crippen MR) is 109 cm³/mol. The summed E-state index contributed by atoms with van der Waals surface area (Å²) >= 11 is 1.75. The summed E-state index contributed by atoms with van der Waals surface area (Å²) in [6.45, 7) is 11.7. The van der Waals surface area contributed by atoms with Crippen molar-refractivity contribution in [2.75, 3.05) is 52.5 Å². The van der Waals surface area contributed by atoms with Gasteiger partial charge in [0.05, 0.1) is 13.2 Å². The van der Waals surface area contributed by atoms with Crippen molar-refractivity contribution in [2.45, 2.75) is 19.8 Å². The largest absolute Gasteiger partial charge is 0.379 e. The average molecular weight is 452 g/mol. The van der Waals surface area contributed by atoms with E-state index >= 15 is 0 Å². The third kappa shape index (κ3) is 7.82. The quantitative estimate of drug-likeness (QED) is 0.379. The molecule has 23 heavy (non-hydrogen) atoms. The van der Waals surface area contributed by atoms with E-state index in [4.69, 9.17) is 9.73 Å². The van der Waals surface area contributed by atoms with Gasteiger partial charge in [-0.3, -0.25) is 9.89 Å². The molecule has 0 saturated carbocycles. The van der Waals surface area contributed by atoms with Gasteiger partial charge in [0.2, 0.25) is 0 Å². The van der Waals surface area contributed by atoms with Gasteiger partial charge in [0.1, 0.15) is 0 Å². The van der Waals surface area contributed by atoms with E-state index in [0.717, 1.165) is 58.4 Å². The molecule has 1 aliphatic rings. The van der Waals surface area contributed by atoms with Gasteiger partial charge in [-0.2, -0.15) is 11.3 Å². The van der Waals surface area contributed by atoms with Crippen LogP contribution in [0.4, 0.5) is 0 Å². The molecule has 0 aromatic carbocycles. The molecular formula is C16H29IN4OS. The first-order chi connectivity index (χ1) is 10.8. The van der Waals surface area contributed by atoms with Crippen LogP contribution in [0.3, 0.4) is 0 Å². The number of morpholine rings is 1. The van der Waals surface area contributed by atoms with Crippen LogP contribution in [-0.4, -0.2) is 63.3 Å². The normalized spacial score (nSPS) is 17.4. The van der Waals surface area contributed by atoms with Crippen molar-refractivity contribution in [3.8, 4) is 0 Å². The molecule has 1 aromatic heterocycles. The standard InChI is InChI=1S/C16H28N4OS.HI/c1-3-17-16(18-5-6-20-7-9-21-10-8-20)19-12-14(2)15-4-11-22-13-15;/h4,11,13-14H,3,5-10,12H2,1-2H3,(H2,17,18,19);1H. The molecule has 0 spiro atoms. The Hall–Kier alpha value is -0.380. The van der Waals surface area contributed by atoms with E-state index < -0.39 is 0 Å². The van der Waals surface area contributed by atoms with Crippen LogP contribution in [-0.2, 0) is 4.74 Å². The van der Waals surface area contributed by atoms with Crippen LogP contribution in [0.1, 0.15) is 25.3 Å². The van der Waals surface area contributed by atoms with Crippen molar-refractivity contribution in [1.82, 2.24) is 15.5 Å². The SMILES string of the molecule is CCNC(=NCC(C)c1ccsc1)NCCN1CCOCC1.I. The third-order valence-electron chi connectivity index (χ3n) is 3.80. The Labute approximate surface area is 160 Å². The summed E-state index contributed by atoms with van der Waals surface area (Å²) in [4.78, 5) is 7.13. The summed E-state index contributed by atoms with van der Waals surface area (Å²) in [6.07, 6.45) is 0. The minimum absolute atomic E-state index is 0. The van der Waals surface area contributed by atoms with E-state index in [1.54, 1.807) is 11.3 Å². The molecule has 2 N–H and O–H groups in total. The zero-order chi connectivity index (χ0) is 15.6. The van der Waals surface area contributed by atoms with Crippen LogP contribution in [0.15, 0.2) is 21.8 Å². The number of aliphatic imine (C=N–C) groups is 1. The third-order valence-corrected chi connectivity index (χ3v) is 4.51. The van der Waals surface area contributed by atoms with Crippen LogP contribution in [0, 0.1) is 0 Å². The zero-order valence-corrected chi connectivity index (χ0v) is 17.2. The molecule has 1 unspecified atom stereocenters. The molecule has 132 valence electrons. The van der Waals surface area contributed by atoms with E-state index in [1.807, 2.05) is 0 Å². The lowest BCUT2D eigenvalue weighted by atomic mass is 10.1. The summed E-state index contributed by atoms with van der Waals surface area (Å²) in [5.41, 5.74) is 1.37. The van der Waals surface area contributed by atoms with Crippen LogP contribution in [0.2, 0.25) is 0 Å². The molecule has 1 fully saturated rings. The van der Waals surface area contributed by atoms with Crippen molar-refractivity contribution in [3.05, 3.63) is 22.4 Å². The number of guanidine groups is 1. The van der Waals surface area contributed by atoms with Gasteiger partial charge in [-0.05, 0) is 29.3 Å². The molecule has 5 nitrogen and oxygen atoms in total. The molecule has 2 rings (SSSR count). The van der Waals surface area contributed by atoms with E-state index in [1.165, 1.54) is 5.56 Å². The number of hydrogen-bond donors (Lipinski definition) is 2. The lowest BCUT2D eigenvalue weighted by Gasteiger charge is -2.26. The molecule has 0 aliphatic carbocycles. The monoisotopic (exact) mass is 452 g/mol. The second kappa shape index (κ2) is 12.0. The van der Waals surface area contributed by atoms with Crippen molar-refractivity contribution in [2.24, 2.45) is 4.99 Å². The van der Waals surface area contributed by atoms with Gasteiger partial charge in [-0.1, -0.05) is 6.92 Å². The molecule has 2 heterocycles. The minimum Gasteiger partial charge on any atom is -0.379 e. The van der Waals surface area contributed by atoms with Gasteiger partial charge < -0.3 is 15.4 Å². The Kier molecular flexibility index (Phi) is 10.8. The summed E-state index contributed by atoms with van der Waals surface area (Å²) in [6, 6.07) is 2.18. The van der Waals surface area contributed by atoms with Gasteiger partial charge in [0.25, 0.3) is 0 Å². The maximum absolute atomic E-state index is 5.37. The molecule has 7 heteroatoms. The first kappa shape index (κ1) is 20.7. The van der Waals surface area contributed by atoms with Crippen molar-refractivity contribution >= 4 is 41.3 Å². The molecule has 1 aromatic rings. The lowest BCUT2D eigenvalue weighted by Crippen LogP contribution is -2.44. The highest BCUT2D eigenvalue weighted by molar-refractivity contribution is 14.0. The molecule has 1 atom stereocenters. The fourth-order valence-electron chi connectivity index (χ4n) is 2.39. The maximum Gasteiger partial charge on any atom is 0.191 e. The summed E-state index contributed by atoms with van der Waals surface area (Å²) < 4.78 is 5.37. The van der Waals surface area contributed by atoms with Gasteiger partial charge >= 0.3 is 0 Å². The number of thiophene rings is 1. The minimum atomic E-state index is 0. The smallest absolute Gasteiger partial charge is 0.191 e.